The Bertz CT molecular complexity index is 1140. The highest BCUT2D eigenvalue weighted by Crippen LogP contribution is 2.29. The van der Waals surface area contributed by atoms with Gasteiger partial charge in [-0.3, -0.25) is 9.59 Å². The van der Waals surface area contributed by atoms with Crippen LogP contribution in [0.2, 0.25) is 0 Å². The minimum Gasteiger partial charge on any atom is -0.481 e. The number of carbonyl (C=O) groups is 2. The fourth-order valence-electron chi connectivity index (χ4n) is 2.70. The van der Waals surface area contributed by atoms with E-state index in [0.29, 0.717) is 11.1 Å². The number of oxime groups is 1. The summed E-state index contributed by atoms with van der Waals surface area (Å²) in [5, 5.41) is 18.5. The van der Waals surface area contributed by atoms with Crippen molar-refractivity contribution in [2.24, 2.45) is 5.16 Å². The first-order chi connectivity index (χ1) is 15.7. The summed E-state index contributed by atoms with van der Waals surface area (Å²) in [5.74, 6) is -3.09. The molecule has 1 heterocycles. The molecule has 0 unspecified atom stereocenters. The zero-order valence-corrected chi connectivity index (χ0v) is 16.9. The molecule has 0 aliphatic rings. The second-order valence-electron chi connectivity index (χ2n) is 6.61. The molecule has 0 aliphatic carbocycles. The van der Waals surface area contributed by atoms with Crippen LogP contribution in [0.1, 0.15) is 27.4 Å². The van der Waals surface area contributed by atoms with Gasteiger partial charge < -0.3 is 19.8 Å². The molecule has 3 rings (SSSR count). The van der Waals surface area contributed by atoms with Gasteiger partial charge in [-0.05, 0) is 23.3 Å². The normalized spacial score (nSPS) is 11.5. The average molecular weight is 462 g/mol. The number of hydrogen-bond acceptors (Lipinski definition) is 7. The highest BCUT2D eigenvalue weighted by atomic mass is 19.4. The number of rotatable bonds is 9. The second-order valence-corrected chi connectivity index (χ2v) is 6.61. The van der Waals surface area contributed by atoms with Crippen LogP contribution in [0.3, 0.4) is 0 Å². The number of nitrogens with zero attached hydrogens (tertiary/aromatic N) is 3. The van der Waals surface area contributed by atoms with E-state index in [1.165, 1.54) is 30.5 Å². The third kappa shape index (κ3) is 6.63. The van der Waals surface area contributed by atoms with Gasteiger partial charge in [-0.25, -0.2) is 0 Å². The largest absolute Gasteiger partial charge is 0.481 e. The van der Waals surface area contributed by atoms with Crippen molar-refractivity contribution in [1.29, 1.82) is 0 Å². The van der Waals surface area contributed by atoms with Crippen LogP contribution >= 0.6 is 0 Å². The molecule has 12 heteroatoms. The van der Waals surface area contributed by atoms with Gasteiger partial charge in [0.1, 0.15) is 6.61 Å². The summed E-state index contributed by atoms with van der Waals surface area (Å²) in [7, 11) is 0. The lowest BCUT2D eigenvalue weighted by molar-refractivity contribution is -0.159. The molecule has 2 N–H and O–H groups in total. The van der Waals surface area contributed by atoms with Crippen LogP contribution < -0.4 is 5.32 Å². The fourth-order valence-corrected chi connectivity index (χ4v) is 2.70. The number of carboxylic acids is 1. The van der Waals surface area contributed by atoms with Crippen LogP contribution in [0, 0.1) is 0 Å². The molecule has 3 aromatic rings. The molecule has 2 aromatic carbocycles. The van der Waals surface area contributed by atoms with Gasteiger partial charge in [-0.1, -0.05) is 46.7 Å². The molecule has 0 atom stereocenters. The number of halogens is 3. The lowest BCUT2D eigenvalue weighted by atomic mass is 10.1. The highest BCUT2D eigenvalue weighted by Gasteiger charge is 2.38. The Balaban J connectivity index is 1.47. The van der Waals surface area contributed by atoms with E-state index in [2.05, 4.69) is 25.1 Å². The molecule has 1 amide bonds. The van der Waals surface area contributed by atoms with Crippen LogP contribution in [0.4, 0.5) is 13.2 Å². The Morgan fingerprint density at radius 1 is 1.12 bits per heavy atom. The standard InChI is InChI=1S/C21H17F3N4O5/c22-21(23,24)20-27-18(28-33-20)13-5-7-14(8-6-13)19(31)25-9-10-26-32-12-16-4-2-1-3-15(16)11-17(29)30/h1-8,10H,9,11-12H2,(H,25,31)(H,29,30). The molecule has 0 saturated carbocycles. The van der Waals surface area contributed by atoms with Crippen molar-refractivity contribution >= 4 is 18.1 Å². The van der Waals surface area contributed by atoms with Crippen LogP contribution in [0.25, 0.3) is 11.4 Å². The number of alkyl halides is 3. The van der Waals surface area contributed by atoms with Gasteiger partial charge in [0, 0.05) is 11.1 Å². The maximum absolute atomic E-state index is 12.5. The zero-order chi connectivity index (χ0) is 23.8. The van der Waals surface area contributed by atoms with Gasteiger partial charge in [0.25, 0.3) is 5.91 Å². The molecule has 0 aliphatic heterocycles. The van der Waals surface area contributed by atoms with Crippen LogP contribution in [-0.4, -0.2) is 39.9 Å². The first kappa shape index (κ1) is 23.4. The molecule has 0 spiro atoms. The van der Waals surface area contributed by atoms with E-state index in [0.717, 1.165) is 0 Å². The smallest absolute Gasteiger partial charge is 0.471 e. The van der Waals surface area contributed by atoms with Crippen LogP contribution in [0.5, 0.6) is 0 Å². The van der Waals surface area contributed by atoms with Gasteiger partial charge >= 0.3 is 18.0 Å². The molecule has 0 radical (unpaired) electrons. The van der Waals surface area contributed by atoms with E-state index in [1.54, 1.807) is 24.3 Å². The van der Waals surface area contributed by atoms with Gasteiger partial charge in [0.05, 0.1) is 19.2 Å². The van der Waals surface area contributed by atoms with Crippen LogP contribution in [-0.2, 0) is 28.8 Å². The number of nitrogens with one attached hydrogen (secondary N) is 1. The Morgan fingerprint density at radius 3 is 2.45 bits per heavy atom. The number of carboxylic acid groups (broad SMARTS) is 1. The average Bonchev–Trinajstić information content (AvgIpc) is 3.28. The third-order valence-electron chi connectivity index (χ3n) is 4.26. The molecule has 172 valence electrons. The SMILES string of the molecule is O=C(O)Cc1ccccc1CON=CCNC(=O)c1ccc(-c2noc(C(F)(F)F)n2)cc1. The number of carbonyl (C=O) groups excluding carboxylic acids is 1. The lowest BCUT2D eigenvalue weighted by Gasteiger charge is -2.06. The molecule has 9 nitrogen and oxygen atoms in total. The number of benzene rings is 2. The zero-order valence-electron chi connectivity index (χ0n) is 16.9. The summed E-state index contributed by atoms with van der Waals surface area (Å²) in [6.07, 6.45) is -3.55. The fraction of sp³-hybridized carbons (Fsp3) is 0.190. The van der Waals surface area contributed by atoms with E-state index < -0.39 is 23.9 Å². The summed E-state index contributed by atoms with van der Waals surface area (Å²) in [5.41, 5.74) is 1.82. The van der Waals surface area contributed by atoms with E-state index in [9.17, 15) is 22.8 Å². The Kier molecular flexibility index (Phi) is 7.38. The summed E-state index contributed by atoms with van der Waals surface area (Å²) < 4.78 is 41.8. The molecule has 0 fully saturated rings. The Hall–Kier alpha value is -4.22. The Labute approximate surface area is 184 Å². The van der Waals surface area contributed by atoms with Crippen molar-refractivity contribution < 1.29 is 37.2 Å². The minimum atomic E-state index is -4.74. The van der Waals surface area contributed by atoms with Crippen molar-refractivity contribution in [2.75, 3.05) is 6.54 Å². The summed E-state index contributed by atoms with van der Waals surface area (Å²) in [6.45, 7) is 0.124. The molecular formula is C21H17F3N4O5. The predicted molar refractivity (Wildman–Crippen MR) is 108 cm³/mol. The number of aromatic nitrogens is 2. The quantitative estimate of drug-likeness (QED) is 0.369. The summed E-state index contributed by atoms with van der Waals surface area (Å²) in [6, 6.07) is 12.5. The van der Waals surface area contributed by atoms with Crippen molar-refractivity contribution in [3.8, 4) is 11.4 Å². The van der Waals surface area contributed by atoms with Crippen LogP contribution in [0.15, 0.2) is 58.2 Å². The number of hydrogen-bond donors (Lipinski definition) is 2. The van der Waals surface area contributed by atoms with E-state index >= 15 is 0 Å². The first-order valence-corrected chi connectivity index (χ1v) is 9.46. The van der Waals surface area contributed by atoms with Gasteiger partial charge in [0.2, 0.25) is 5.82 Å². The maximum atomic E-state index is 12.5. The van der Waals surface area contributed by atoms with Gasteiger partial charge in [0.15, 0.2) is 0 Å². The molecule has 33 heavy (non-hydrogen) atoms. The second kappa shape index (κ2) is 10.4. The van der Waals surface area contributed by atoms with E-state index in [4.69, 9.17) is 9.94 Å². The highest BCUT2D eigenvalue weighted by molar-refractivity contribution is 5.95. The number of amides is 1. The molecule has 0 bridgehead atoms. The van der Waals surface area contributed by atoms with Crippen molar-refractivity contribution in [1.82, 2.24) is 15.5 Å². The summed E-state index contributed by atoms with van der Waals surface area (Å²) in [4.78, 5) is 31.5. The topological polar surface area (TPSA) is 127 Å². The molecule has 0 saturated heterocycles. The van der Waals surface area contributed by atoms with Gasteiger partial charge in [-0.2, -0.15) is 18.2 Å². The third-order valence-corrected chi connectivity index (χ3v) is 4.26. The summed E-state index contributed by atoms with van der Waals surface area (Å²) >= 11 is 0. The monoisotopic (exact) mass is 462 g/mol. The van der Waals surface area contributed by atoms with Crippen molar-refractivity contribution in [3.05, 3.63) is 71.1 Å². The van der Waals surface area contributed by atoms with Crippen molar-refractivity contribution in [2.45, 2.75) is 19.2 Å². The molecule has 1 aromatic heterocycles. The Morgan fingerprint density at radius 2 is 1.82 bits per heavy atom. The van der Waals surface area contributed by atoms with Crippen molar-refractivity contribution in [3.63, 3.8) is 0 Å². The predicted octanol–water partition coefficient (Wildman–Crippen LogP) is 3.31. The lowest BCUT2D eigenvalue weighted by Crippen LogP contribution is -2.25. The van der Waals surface area contributed by atoms with E-state index in [-0.39, 0.29) is 36.5 Å². The van der Waals surface area contributed by atoms with Gasteiger partial charge in [-0.15, -0.1) is 0 Å². The molecular weight excluding hydrogens is 445 g/mol. The maximum Gasteiger partial charge on any atom is 0.471 e. The minimum absolute atomic E-state index is 0.0527. The van der Waals surface area contributed by atoms with E-state index in [1.807, 2.05) is 0 Å². The number of aliphatic carboxylic acids is 1. The first-order valence-electron chi connectivity index (χ1n) is 9.46.